The van der Waals surface area contributed by atoms with Crippen LogP contribution >= 0.6 is 0 Å². The van der Waals surface area contributed by atoms with Gasteiger partial charge in [-0.3, -0.25) is 4.79 Å². The highest BCUT2D eigenvalue weighted by atomic mass is 19.1. The molecular weight excluding hydrogens is 383 g/mol. The van der Waals surface area contributed by atoms with Crippen LogP contribution in [0.3, 0.4) is 0 Å². The summed E-state index contributed by atoms with van der Waals surface area (Å²) in [5, 5.41) is 0. The van der Waals surface area contributed by atoms with Gasteiger partial charge in [0.05, 0.1) is 11.1 Å². The normalized spacial score (nSPS) is 23.2. The van der Waals surface area contributed by atoms with Gasteiger partial charge in [0.1, 0.15) is 12.7 Å². The number of carbonyl (C=O) groups excluding carboxylic acids is 3. The molecule has 29 heavy (non-hydrogen) atoms. The van der Waals surface area contributed by atoms with Gasteiger partial charge in [-0.15, -0.1) is 0 Å². The Bertz CT molecular complexity index is 856. The zero-order chi connectivity index (χ0) is 20.8. The highest BCUT2D eigenvalue weighted by Crippen LogP contribution is 2.29. The largest absolute Gasteiger partial charge is 0.459 e. The molecule has 7 nitrogen and oxygen atoms in total. The zero-order valence-electron chi connectivity index (χ0n) is 15.5. The molecule has 0 aliphatic carbocycles. The van der Waals surface area contributed by atoms with Crippen LogP contribution in [0, 0.1) is 0 Å². The number of rotatable bonds is 6. The SMILES string of the molecule is CC(=O)OC1OC(COC(=O)c2ccccc2)C(OC(=O)c2ccccc2)C1F. The number of alkyl halides is 1. The molecule has 1 aliphatic rings. The van der Waals surface area contributed by atoms with Crippen molar-refractivity contribution >= 4 is 17.9 Å². The molecule has 1 fully saturated rings. The molecule has 1 aliphatic heterocycles. The molecule has 0 bridgehead atoms. The molecule has 0 N–H and O–H groups in total. The van der Waals surface area contributed by atoms with Gasteiger partial charge in [-0.05, 0) is 24.3 Å². The van der Waals surface area contributed by atoms with Crippen molar-refractivity contribution in [1.29, 1.82) is 0 Å². The molecule has 1 heterocycles. The van der Waals surface area contributed by atoms with E-state index in [0.29, 0.717) is 5.56 Å². The van der Waals surface area contributed by atoms with Crippen LogP contribution in [0.2, 0.25) is 0 Å². The molecular formula is C21H19FO7. The minimum absolute atomic E-state index is 0.218. The van der Waals surface area contributed by atoms with E-state index < -0.39 is 49.2 Å². The number of benzene rings is 2. The summed E-state index contributed by atoms with van der Waals surface area (Å²) in [4.78, 5) is 35.6. The summed E-state index contributed by atoms with van der Waals surface area (Å²) >= 11 is 0. The number of esters is 3. The van der Waals surface area contributed by atoms with Crippen molar-refractivity contribution in [3.05, 3.63) is 71.8 Å². The molecule has 1 saturated heterocycles. The van der Waals surface area contributed by atoms with Gasteiger partial charge in [0.25, 0.3) is 0 Å². The number of halogens is 1. The van der Waals surface area contributed by atoms with Gasteiger partial charge >= 0.3 is 17.9 Å². The third-order valence-electron chi connectivity index (χ3n) is 4.17. The van der Waals surface area contributed by atoms with E-state index in [9.17, 15) is 18.8 Å². The van der Waals surface area contributed by atoms with E-state index in [2.05, 4.69) is 0 Å². The number of hydrogen-bond donors (Lipinski definition) is 0. The lowest BCUT2D eigenvalue weighted by Crippen LogP contribution is -2.37. The first-order chi connectivity index (χ1) is 14.0. The summed E-state index contributed by atoms with van der Waals surface area (Å²) in [6.45, 7) is 0.711. The lowest BCUT2D eigenvalue weighted by atomic mass is 10.1. The Hall–Kier alpha value is -3.26. The standard InChI is InChI=1S/C21H19FO7/c1-13(23)27-21-17(22)18(29-20(25)15-10-6-3-7-11-15)16(28-21)12-26-19(24)14-8-4-2-5-9-14/h2-11,16-18,21H,12H2,1H3. The van der Waals surface area contributed by atoms with Gasteiger partial charge in [0, 0.05) is 6.92 Å². The number of hydrogen-bond acceptors (Lipinski definition) is 7. The fourth-order valence-corrected chi connectivity index (χ4v) is 2.80. The van der Waals surface area contributed by atoms with Crippen molar-refractivity contribution in [1.82, 2.24) is 0 Å². The Labute approximate surface area is 166 Å². The predicted molar refractivity (Wildman–Crippen MR) is 97.7 cm³/mol. The van der Waals surface area contributed by atoms with Crippen molar-refractivity contribution in [2.75, 3.05) is 6.61 Å². The molecule has 0 saturated carbocycles. The summed E-state index contributed by atoms with van der Waals surface area (Å²) in [5.41, 5.74) is 0.521. The van der Waals surface area contributed by atoms with Crippen LogP contribution in [0.5, 0.6) is 0 Å². The zero-order valence-corrected chi connectivity index (χ0v) is 15.5. The average molecular weight is 402 g/mol. The second-order valence-corrected chi connectivity index (χ2v) is 6.30. The minimum Gasteiger partial charge on any atom is -0.459 e. The molecule has 4 atom stereocenters. The lowest BCUT2D eigenvalue weighted by molar-refractivity contribution is -0.182. The first-order valence-corrected chi connectivity index (χ1v) is 8.90. The van der Waals surface area contributed by atoms with Crippen LogP contribution < -0.4 is 0 Å². The fourth-order valence-electron chi connectivity index (χ4n) is 2.80. The summed E-state index contributed by atoms with van der Waals surface area (Å²) in [5.74, 6) is -2.17. The maximum absolute atomic E-state index is 14.8. The van der Waals surface area contributed by atoms with E-state index in [4.69, 9.17) is 18.9 Å². The van der Waals surface area contributed by atoms with Crippen LogP contribution in [0.15, 0.2) is 60.7 Å². The van der Waals surface area contributed by atoms with E-state index >= 15 is 0 Å². The maximum Gasteiger partial charge on any atom is 0.338 e. The second kappa shape index (κ2) is 9.29. The molecule has 0 aromatic heterocycles. The van der Waals surface area contributed by atoms with Gasteiger partial charge in [0.15, 0.2) is 6.10 Å². The van der Waals surface area contributed by atoms with E-state index in [0.717, 1.165) is 6.92 Å². The highest BCUT2D eigenvalue weighted by Gasteiger charge is 2.50. The van der Waals surface area contributed by atoms with Crippen LogP contribution in [0.1, 0.15) is 27.6 Å². The van der Waals surface area contributed by atoms with Crippen LogP contribution in [0.4, 0.5) is 4.39 Å². The molecule has 0 spiro atoms. The summed E-state index contributed by atoms with van der Waals surface area (Å²) in [7, 11) is 0. The minimum atomic E-state index is -1.94. The second-order valence-electron chi connectivity index (χ2n) is 6.30. The van der Waals surface area contributed by atoms with Gasteiger partial charge in [0.2, 0.25) is 12.5 Å². The Kier molecular flexibility index (Phi) is 6.56. The summed E-state index contributed by atoms with van der Waals surface area (Å²) in [6, 6.07) is 16.2. The van der Waals surface area contributed by atoms with E-state index in [1.165, 1.54) is 12.1 Å². The Morgan fingerprint density at radius 3 is 2.00 bits per heavy atom. The van der Waals surface area contributed by atoms with Crippen molar-refractivity contribution in [3.63, 3.8) is 0 Å². The topological polar surface area (TPSA) is 88.1 Å². The third-order valence-corrected chi connectivity index (χ3v) is 4.17. The highest BCUT2D eigenvalue weighted by molar-refractivity contribution is 5.90. The quantitative estimate of drug-likeness (QED) is 0.542. The summed E-state index contributed by atoms with van der Waals surface area (Å²) < 4.78 is 35.3. The first kappa shape index (κ1) is 20.5. The molecule has 4 unspecified atom stereocenters. The summed E-state index contributed by atoms with van der Waals surface area (Å²) in [6.07, 6.45) is -6.07. The van der Waals surface area contributed by atoms with Crippen molar-refractivity contribution in [3.8, 4) is 0 Å². The molecule has 3 rings (SSSR count). The van der Waals surface area contributed by atoms with Crippen LogP contribution in [0.25, 0.3) is 0 Å². The van der Waals surface area contributed by atoms with Crippen LogP contribution in [-0.2, 0) is 23.7 Å². The average Bonchev–Trinajstić information content (AvgIpc) is 3.01. The molecule has 8 heteroatoms. The third kappa shape index (κ3) is 5.17. The van der Waals surface area contributed by atoms with Gasteiger partial charge < -0.3 is 18.9 Å². The van der Waals surface area contributed by atoms with Crippen molar-refractivity contribution in [2.45, 2.75) is 31.6 Å². The molecule has 2 aromatic carbocycles. The Morgan fingerprint density at radius 1 is 0.897 bits per heavy atom. The molecule has 2 aromatic rings. The van der Waals surface area contributed by atoms with E-state index in [1.54, 1.807) is 48.5 Å². The smallest absolute Gasteiger partial charge is 0.338 e. The maximum atomic E-state index is 14.8. The number of carbonyl (C=O) groups is 3. The van der Waals surface area contributed by atoms with E-state index in [1.807, 2.05) is 0 Å². The first-order valence-electron chi connectivity index (χ1n) is 8.90. The Balaban J connectivity index is 1.70. The van der Waals surface area contributed by atoms with Gasteiger partial charge in [-0.1, -0.05) is 36.4 Å². The monoisotopic (exact) mass is 402 g/mol. The van der Waals surface area contributed by atoms with Gasteiger partial charge in [-0.25, -0.2) is 14.0 Å². The van der Waals surface area contributed by atoms with Crippen molar-refractivity contribution < 1.29 is 37.7 Å². The molecule has 152 valence electrons. The number of ether oxygens (including phenoxy) is 4. The van der Waals surface area contributed by atoms with E-state index in [-0.39, 0.29) is 5.56 Å². The molecule has 0 radical (unpaired) electrons. The predicted octanol–water partition coefficient (Wildman–Crippen LogP) is 2.70. The van der Waals surface area contributed by atoms with Crippen molar-refractivity contribution in [2.24, 2.45) is 0 Å². The fraction of sp³-hybridized carbons (Fsp3) is 0.286. The lowest BCUT2D eigenvalue weighted by Gasteiger charge is -2.19. The van der Waals surface area contributed by atoms with Crippen LogP contribution in [-0.4, -0.2) is 49.2 Å². The Morgan fingerprint density at radius 2 is 1.45 bits per heavy atom. The van der Waals surface area contributed by atoms with Gasteiger partial charge in [-0.2, -0.15) is 0 Å². The molecule has 0 amide bonds.